The minimum absolute atomic E-state index is 0.871. The smallest absolute Gasteiger partial charge is 0.0980 e. The summed E-state index contributed by atoms with van der Waals surface area (Å²) in [6.45, 7) is 2.16. The molecule has 2 N–H and O–H groups in total. The summed E-state index contributed by atoms with van der Waals surface area (Å²) in [6, 6.07) is 8.14. The van der Waals surface area contributed by atoms with Crippen molar-refractivity contribution >= 4 is 5.69 Å². The number of hydrogen-bond donors (Lipinski definition) is 1. The van der Waals surface area contributed by atoms with Crippen molar-refractivity contribution in [3.8, 4) is 11.1 Å². The summed E-state index contributed by atoms with van der Waals surface area (Å²) in [7, 11) is 0. The average molecular weight is 201 g/mol. The lowest BCUT2D eigenvalue weighted by Gasteiger charge is -2.06. The highest BCUT2D eigenvalue weighted by molar-refractivity contribution is 5.68. The first-order chi connectivity index (χ1) is 7.31. The van der Waals surface area contributed by atoms with Crippen LogP contribution in [0.25, 0.3) is 11.1 Å². The molecule has 1 heterocycles. The molecule has 0 radical (unpaired) electrons. The van der Waals surface area contributed by atoms with Crippen LogP contribution in [0.5, 0.6) is 0 Å². The molecule has 0 aliphatic rings. The number of hydrogen-bond acceptors (Lipinski definition) is 2. The quantitative estimate of drug-likeness (QED) is 0.772. The van der Waals surface area contributed by atoms with Crippen LogP contribution in [-0.2, 0) is 6.42 Å². The van der Waals surface area contributed by atoms with E-state index >= 15 is 0 Å². The lowest BCUT2D eigenvalue weighted by atomic mass is 10.0. The lowest BCUT2D eigenvalue weighted by Crippen LogP contribution is -1.94. The second kappa shape index (κ2) is 4.22. The van der Waals surface area contributed by atoms with Gasteiger partial charge in [0.2, 0.25) is 0 Å². The van der Waals surface area contributed by atoms with Crippen molar-refractivity contribution in [1.82, 2.24) is 0 Å². The highest BCUT2D eigenvalue weighted by atomic mass is 16.3. The van der Waals surface area contributed by atoms with Gasteiger partial charge in [-0.15, -0.1) is 0 Å². The topological polar surface area (TPSA) is 39.2 Å². The fourth-order valence-electron chi connectivity index (χ4n) is 1.70. The molecule has 2 nitrogen and oxygen atoms in total. The number of furan rings is 1. The maximum Gasteiger partial charge on any atom is 0.0980 e. The number of nitrogen functional groups attached to an aromatic ring is 1. The van der Waals surface area contributed by atoms with Gasteiger partial charge in [-0.3, -0.25) is 0 Å². The van der Waals surface area contributed by atoms with E-state index in [1.807, 2.05) is 12.1 Å². The zero-order chi connectivity index (χ0) is 10.7. The predicted molar refractivity (Wildman–Crippen MR) is 62.6 cm³/mol. The Labute approximate surface area is 89.7 Å². The molecule has 2 rings (SSSR count). The fourth-order valence-corrected chi connectivity index (χ4v) is 1.70. The minimum atomic E-state index is 0.871. The number of benzene rings is 1. The molecule has 0 amide bonds. The normalized spacial score (nSPS) is 10.5. The van der Waals surface area contributed by atoms with E-state index in [4.69, 9.17) is 10.2 Å². The van der Waals surface area contributed by atoms with Gasteiger partial charge in [0, 0.05) is 11.3 Å². The minimum Gasteiger partial charge on any atom is -0.472 e. The molecule has 0 spiro atoms. The van der Waals surface area contributed by atoms with E-state index in [0.717, 1.165) is 29.7 Å². The van der Waals surface area contributed by atoms with Crippen LogP contribution in [0.2, 0.25) is 0 Å². The van der Waals surface area contributed by atoms with Crippen LogP contribution in [0.3, 0.4) is 0 Å². The predicted octanol–water partition coefficient (Wildman–Crippen LogP) is 3.48. The Balaban J connectivity index is 2.33. The Morgan fingerprint density at radius 2 is 2.07 bits per heavy atom. The number of aryl methyl sites for hydroxylation is 1. The molecule has 0 bridgehead atoms. The van der Waals surface area contributed by atoms with E-state index in [1.54, 1.807) is 12.5 Å². The van der Waals surface area contributed by atoms with Crippen molar-refractivity contribution in [3.63, 3.8) is 0 Å². The van der Waals surface area contributed by atoms with Gasteiger partial charge < -0.3 is 10.2 Å². The van der Waals surface area contributed by atoms with Crippen molar-refractivity contribution in [3.05, 3.63) is 42.4 Å². The van der Waals surface area contributed by atoms with Gasteiger partial charge in [0.1, 0.15) is 0 Å². The Morgan fingerprint density at radius 1 is 1.20 bits per heavy atom. The first-order valence-corrected chi connectivity index (χ1v) is 5.22. The number of anilines is 1. The Morgan fingerprint density at radius 3 is 2.67 bits per heavy atom. The summed E-state index contributed by atoms with van der Waals surface area (Å²) in [5, 5.41) is 0. The molecule has 0 saturated carbocycles. The molecule has 15 heavy (non-hydrogen) atoms. The van der Waals surface area contributed by atoms with Crippen molar-refractivity contribution in [2.24, 2.45) is 0 Å². The third-order valence-corrected chi connectivity index (χ3v) is 2.52. The van der Waals surface area contributed by atoms with Gasteiger partial charge in [0.05, 0.1) is 12.5 Å². The third kappa shape index (κ3) is 2.04. The summed E-state index contributed by atoms with van der Waals surface area (Å²) in [6.07, 6.45) is 5.56. The summed E-state index contributed by atoms with van der Waals surface area (Å²) in [4.78, 5) is 0. The van der Waals surface area contributed by atoms with Crippen LogP contribution >= 0.6 is 0 Å². The van der Waals surface area contributed by atoms with Gasteiger partial charge in [-0.05, 0) is 29.7 Å². The van der Waals surface area contributed by atoms with Crippen molar-refractivity contribution in [2.75, 3.05) is 5.73 Å². The van der Waals surface area contributed by atoms with Crippen LogP contribution in [0.15, 0.2) is 41.2 Å². The Bertz CT molecular complexity index is 432. The monoisotopic (exact) mass is 201 g/mol. The summed E-state index contributed by atoms with van der Waals surface area (Å²) in [5.41, 5.74) is 10.3. The van der Waals surface area contributed by atoms with Crippen LogP contribution in [-0.4, -0.2) is 0 Å². The van der Waals surface area contributed by atoms with Crippen LogP contribution < -0.4 is 5.73 Å². The summed E-state index contributed by atoms with van der Waals surface area (Å²) < 4.78 is 5.05. The Kier molecular flexibility index (Phi) is 2.77. The average Bonchev–Trinajstić information content (AvgIpc) is 2.74. The molecule has 1 aromatic carbocycles. The third-order valence-electron chi connectivity index (χ3n) is 2.52. The molecule has 0 fully saturated rings. The van der Waals surface area contributed by atoms with Crippen LogP contribution in [0, 0.1) is 0 Å². The van der Waals surface area contributed by atoms with E-state index in [1.165, 1.54) is 5.56 Å². The maximum absolute atomic E-state index is 5.98. The molecule has 0 aliphatic carbocycles. The van der Waals surface area contributed by atoms with Crippen molar-refractivity contribution in [2.45, 2.75) is 19.8 Å². The highest BCUT2D eigenvalue weighted by Gasteiger charge is 2.02. The molecule has 78 valence electrons. The molecule has 0 saturated heterocycles. The second-order valence-corrected chi connectivity index (χ2v) is 3.68. The standard InChI is InChI=1S/C13H15NO/c1-2-3-10-4-5-11(8-13(10)14)12-6-7-15-9-12/h4-9H,2-3,14H2,1H3. The van der Waals surface area contributed by atoms with Crippen molar-refractivity contribution < 1.29 is 4.42 Å². The van der Waals surface area contributed by atoms with Crippen LogP contribution in [0.1, 0.15) is 18.9 Å². The van der Waals surface area contributed by atoms with Gasteiger partial charge in [-0.2, -0.15) is 0 Å². The highest BCUT2D eigenvalue weighted by Crippen LogP contribution is 2.24. The second-order valence-electron chi connectivity index (χ2n) is 3.68. The first kappa shape index (κ1) is 9.84. The molecular formula is C13H15NO. The number of nitrogens with two attached hydrogens (primary N) is 1. The molecule has 0 atom stereocenters. The fraction of sp³-hybridized carbons (Fsp3) is 0.231. The summed E-state index contributed by atoms with van der Waals surface area (Å²) in [5.74, 6) is 0. The van der Waals surface area contributed by atoms with Gasteiger partial charge >= 0.3 is 0 Å². The molecule has 2 aromatic rings. The van der Waals surface area contributed by atoms with E-state index in [2.05, 4.69) is 19.1 Å². The Hall–Kier alpha value is -1.70. The van der Waals surface area contributed by atoms with E-state index in [0.29, 0.717) is 0 Å². The zero-order valence-electron chi connectivity index (χ0n) is 8.86. The number of rotatable bonds is 3. The first-order valence-electron chi connectivity index (χ1n) is 5.22. The SMILES string of the molecule is CCCc1ccc(-c2ccoc2)cc1N. The van der Waals surface area contributed by atoms with Gasteiger partial charge in [0.15, 0.2) is 0 Å². The largest absolute Gasteiger partial charge is 0.472 e. The van der Waals surface area contributed by atoms with Gasteiger partial charge in [0.25, 0.3) is 0 Å². The van der Waals surface area contributed by atoms with Crippen LogP contribution in [0.4, 0.5) is 5.69 Å². The molecule has 0 unspecified atom stereocenters. The molecular weight excluding hydrogens is 186 g/mol. The van der Waals surface area contributed by atoms with Crippen molar-refractivity contribution in [1.29, 1.82) is 0 Å². The summed E-state index contributed by atoms with van der Waals surface area (Å²) >= 11 is 0. The van der Waals surface area contributed by atoms with E-state index in [9.17, 15) is 0 Å². The van der Waals surface area contributed by atoms with Gasteiger partial charge in [-0.25, -0.2) is 0 Å². The lowest BCUT2D eigenvalue weighted by molar-refractivity contribution is 0.568. The van der Waals surface area contributed by atoms with E-state index in [-0.39, 0.29) is 0 Å². The van der Waals surface area contributed by atoms with Gasteiger partial charge in [-0.1, -0.05) is 25.5 Å². The molecule has 2 heteroatoms. The molecule has 1 aromatic heterocycles. The zero-order valence-corrected chi connectivity index (χ0v) is 8.86. The van der Waals surface area contributed by atoms with E-state index < -0.39 is 0 Å². The molecule has 0 aliphatic heterocycles. The maximum atomic E-state index is 5.98.